The Morgan fingerprint density at radius 2 is 1.46 bits per heavy atom. The molecule has 10 heteroatoms. The van der Waals surface area contributed by atoms with Crippen LogP contribution in [0.25, 0.3) is 11.1 Å². The van der Waals surface area contributed by atoms with Gasteiger partial charge < -0.3 is 14.8 Å². The van der Waals surface area contributed by atoms with Crippen molar-refractivity contribution in [1.29, 1.82) is 0 Å². The lowest BCUT2D eigenvalue weighted by Gasteiger charge is -2.31. The SMILES string of the molecule is CCc1cnc(N2CCC(COc3c(F)cc(-c4cc(F)c(/C=[N+](\[O-])C(C)(C)C)c(F)c4)cc3F)CC2)nc1. The van der Waals surface area contributed by atoms with Crippen LogP contribution in [0.1, 0.15) is 51.7 Å². The van der Waals surface area contributed by atoms with Gasteiger partial charge in [0.2, 0.25) is 5.95 Å². The Hall–Kier alpha value is -3.69. The number of hydroxylamine groups is 1. The fourth-order valence-corrected chi connectivity index (χ4v) is 4.24. The van der Waals surface area contributed by atoms with Crippen LogP contribution >= 0.6 is 0 Å². The Morgan fingerprint density at radius 1 is 0.949 bits per heavy atom. The molecule has 0 radical (unpaired) electrons. The second-order valence-corrected chi connectivity index (χ2v) is 10.7. The van der Waals surface area contributed by atoms with Crippen molar-refractivity contribution < 1.29 is 27.0 Å². The molecule has 1 saturated heterocycles. The van der Waals surface area contributed by atoms with Gasteiger partial charge in [0, 0.05) is 46.3 Å². The lowest BCUT2D eigenvalue weighted by Crippen LogP contribution is -2.36. The molecule has 0 unspecified atom stereocenters. The zero-order valence-corrected chi connectivity index (χ0v) is 22.5. The minimum atomic E-state index is -1.02. The molecule has 1 fully saturated rings. The molecule has 1 aliphatic rings. The van der Waals surface area contributed by atoms with Crippen LogP contribution in [0.5, 0.6) is 5.75 Å². The van der Waals surface area contributed by atoms with Crippen LogP contribution in [0.4, 0.5) is 23.5 Å². The number of rotatable bonds is 7. The van der Waals surface area contributed by atoms with Crippen molar-refractivity contribution >= 4 is 12.2 Å². The maximum absolute atomic E-state index is 14.8. The number of hydrogen-bond acceptors (Lipinski definition) is 5. The molecule has 0 bridgehead atoms. The molecule has 0 spiro atoms. The molecule has 3 aromatic rings. The van der Waals surface area contributed by atoms with E-state index in [1.165, 1.54) is 0 Å². The molecule has 0 aliphatic carbocycles. The summed E-state index contributed by atoms with van der Waals surface area (Å²) >= 11 is 0. The molecule has 2 heterocycles. The fraction of sp³-hybridized carbons (Fsp3) is 0.414. The normalized spacial score (nSPS) is 15.1. The molecule has 0 amide bonds. The molecular formula is C29H32F4N4O2. The largest absolute Gasteiger partial charge is 0.623 e. The fourth-order valence-electron chi connectivity index (χ4n) is 4.24. The van der Waals surface area contributed by atoms with E-state index in [1.54, 1.807) is 20.8 Å². The number of benzene rings is 2. The first-order chi connectivity index (χ1) is 18.5. The molecule has 4 rings (SSSR count). The van der Waals surface area contributed by atoms with Crippen molar-refractivity contribution in [2.45, 2.75) is 52.5 Å². The maximum atomic E-state index is 14.8. The summed E-state index contributed by atoms with van der Waals surface area (Å²) in [5.74, 6) is -3.75. The molecule has 1 aliphatic heterocycles. The highest BCUT2D eigenvalue weighted by atomic mass is 19.1. The number of anilines is 1. The van der Waals surface area contributed by atoms with Crippen molar-refractivity contribution in [2.75, 3.05) is 24.6 Å². The lowest BCUT2D eigenvalue weighted by molar-refractivity contribution is -0.530. The topological polar surface area (TPSA) is 64.3 Å². The minimum absolute atomic E-state index is 0.0566. The van der Waals surface area contributed by atoms with E-state index in [0.29, 0.717) is 23.8 Å². The number of aromatic nitrogens is 2. The Balaban J connectivity index is 1.42. The van der Waals surface area contributed by atoms with E-state index < -0.39 is 40.1 Å². The Bertz CT molecular complexity index is 1300. The van der Waals surface area contributed by atoms with E-state index >= 15 is 0 Å². The van der Waals surface area contributed by atoms with Gasteiger partial charge in [-0.1, -0.05) is 6.92 Å². The van der Waals surface area contributed by atoms with Gasteiger partial charge in [-0.3, -0.25) is 0 Å². The third kappa shape index (κ3) is 6.66. The zero-order chi connectivity index (χ0) is 28.3. The van der Waals surface area contributed by atoms with Crippen LogP contribution < -0.4 is 9.64 Å². The van der Waals surface area contributed by atoms with Crippen LogP contribution in [0.15, 0.2) is 36.7 Å². The van der Waals surface area contributed by atoms with Gasteiger partial charge in [0.25, 0.3) is 0 Å². The quantitative estimate of drug-likeness (QED) is 0.115. The van der Waals surface area contributed by atoms with Gasteiger partial charge in [-0.05, 0) is 66.1 Å². The van der Waals surface area contributed by atoms with E-state index in [4.69, 9.17) is 4.74 Å². The highest BCUT2D eigenvalue weighted by Gasteiger charge is 2.24. The van der Waals surface area contributed by atoms with Gasteiger partial charge in [-0.25, -0.2) is 32.3 Å². The van der Waals surface area contributed by atoms with Gasteiger partial charge in [0.05, 0.1) is 6.61 Å². The first-order valence-corrected chi connectivity index (χ1v) is 12.9. The summed E-state index contributed by atoms with van der Waals surface area (Å²) in [6, 6.07) is 3.83. The molecule has 1 aromatic heterocycles. The highest BCUT2D eigenvalue weighted by molar-refractivity contribution is 5.79. The van der Waals surface area contributed by atoms with Crippen molar-refractivity contribution in [3.8, 4) is 16.9 Å². The standard InChI is InChI=1S/C29H32F4N4O2/c1-5-18-14-34-28(35-15-18)36-8-6-19(7-9-36)17-39-27-25(32)12-21(13-26(27)33)20-10-23(30)22(24(31)11-20)16-37(38)29(2,3)4/h10-16,19H,5-9,17H2,1-4H3/b37-16-. The average molecular weight is 545 g/mol. The number of aryl methyl sites for hydroxylation is 1. The molecular weight excluding hydrogens is 512 g/mol. The number of ether oxygens (including phenoxy) is 1. The molecule has 0 atom stereocenters. The van der Waals surface area contributed by atoms with Crippen LogP contribution in [0.2, 0.25) is 0 Å². The smallest absolute Gasteiger partial charge is 0.225 e. The van der Waals surface area contributed by atoms with E-state index in [9.17, 15) is 22.8 Å². The van der Waals surface area contributed by atoms with Crippen molar-refractivity contribution in [1.82, 2.24) is 9.97 Å². The van der Waals surface area contributed by atoms with Gasteiger partial charge in [-0.15, -0.1) is 0 Å². The number of halogens is 4. The summed E-state index contributed by atoms with van der Waals surface area (Å²) in [6.45, 7) is 8.36. The molecule has 6 nitrogen and oxygen atoms in total. The van der Waals surface area contributed by atoms with Crippen LogP contribution in [-0.4, -0.2) is 46.2 Å². The molecule has 0 saturated carbocycles. The first-order valence-electron chi connectivity index (χ1n) is 12.9. The van der Waals surface area contributed by atoms with Gasteiger partial charge in [0.15, 0.2) is 29.1 Å². The van der Waals surface area contributed by atoms with E-state index in [0.717, 1.165) is 55.3 Å². The monoisotopic (exact) mass is 544 g/mol. The highest BCUT2D eigenvalue weighted by Crippen LogP contribution is 2.32. The Labute approximate surface area is 225 Å². The van der Waals surface area contributed by atoms with Gasteiger partial charge >= 0.3 is 0 Å². The van der Waals surface area contributed by atoms with Crippen LogP contribution in [0, 0.1) is 34.4 Å². The zero-order valence-electron chi connectivity index (χ0n) is 22.5. The maximum Gasteiger partial charge on any atom is 0.225 e. The van der Waals surface area contributed by atoms with Crippen molar-refractivity contribution in [3.63, 3.8) is 0 Å². The Morgan fingerprint density at radius 3 is 1.95 bits per heavy atom. The summed E-state index contributed by atoms with van der Waals surface area (Å²) in [7, 11) is 0. The number of piperidine rings is 1. The molecule has 208 valence electrons. The van der Waals surface area contributed by atoms with Gasteiger partial charge in [0.1, 0.15) is 17.2 Å². The second kappa shape index (κ2) is 11.6. The van der Waals surface area contributed by atoms with Crippen LogP contribution in [0.3, 0.4) is 0 Å². The summed E-state index contributed by atoms with van der Waals surface area (Å²) in [5.41, 5.74) is -0.485. The number of hydrogen-bond donors (Lipinski definition) is 0. The predicted molar refractivity (Wildman–Crippen MR) is 142 cm³/mol. The average Bonchev–Trinajstić information content (AvgIpc) is 2.89. The summed E-state index contributed by atoms with van der Waals surface area (Å²) < 4.78 is 65.0. The van der Waals surface area contributed by atoms with Gasteiger partial charge in [-0.2, -0.15) is 0 Å². The van der Waals surface area contributed by atoms with Crippen LogP contribution in [-0.2, 0) is 6.42 Å². The summed E-state index contributed by atoms with van der Waals surface area (Å²) in [6.07, 6.45) is 6.82. The molecule has 2 aromatic carbocycles. The minimum Gasteiger partial charge on any atom is -0.623 e. The third-order valence-electron chi connectivity index (χ3n) is 6.78. The molecule has 39 heavy (non-hydrogen) atoms. The van der Waals surface area contributed by atoms with E-state index in [-0.39, 0.29) is 23.7 Å². The number of nitrogens with zero attached hydrogens (tertiary/aromatic N) is 4. The second-order valence-electron chi connectivity index (χ2n) is 10.7. The molecule has 0 N–H and O–H groups in total. The summed E-state index contributed by atoms with van der Waals surface area (Å²) in [4.78, 5) is 10.9. The van der Waals surface area contributed by atoms with E-state index in [1.807, 2.05) is 19.3 Å². The van der Waals surface area contributed by atoms with Crippen molar-refractivity contribution in [2.24, 2.45) is 5.92 Å². The predicted octanol–water partition coefficient (Wildman–Crippen LogP) is 6.29. The van der Waals surface area contributed by atoms with Crippen molar-refractivity contribution in [3.05, 3.63) is 76.3 Å². The third-order valence-corrected chi connectivity index (χ3v) is 6.78. The van der Waals surface area contributed by atoms with E-state index in [2.05, 4.69) is 14.9 Å². The first kappa shape index (κ1) is 28.3. The summed E-state index contributed by atoms with van der Waals surface area (Å²) in [5, 5.41) is 12.1. The Kier molecular flexibility index (Phi) is 8.42. The lowest BCUT2D eigenvalue weighted by atomic mass is 9.98.